The van der Waals surface area contributed by atoms with Crippen molar-refractivity contribution < 1.29 is 69.8 Å². The Kier molecular flexibility index (Phi) is 161. The van der Waals surface area contributed by atoms with Crippen LogP contribution in [0.2, 0.25) is 0 Å². The van der Waals surface area contributed by atoms with Crippen LogP contribution in [0.15, 0.2) is 32.2 Å². The van der Waals surface area contributed by atoms with Crippen LogP contribution in [0.1, 0.15) is 163 Å². The number of aliphatic imine (C=N–C) groups is 4. The summed E-state index contributed by atoms with van der Waals surface area (Å²) in [5.41, 5.74) is 0.692. The summed E-state index contributed by atoms with van der Waals surface area (Å²) < 4.78 is 66.7. The zero-order valence-electron chi connectivity index (χ0n) is 105. The predicted molar refractivity (Wildman–Crippen MR) is 671 cm³/mol. The molecule has 0 heterocycles. The molecule has 42 nitrogen and oxygen atoms in total. The van der Waals surface area contributed by atoms with Gasteiger partial charge in [0.25, 0.3) is 20.7 Å². The van der Waals surface area contributed by atoms with Crippen LogP contribution in [-0.2, 0) is 54.6 Å². The molecule has 0 unspecified atom stereocenters. The topological polar surface area (TPSA) is 333 Å². The van der Waals surface area contributed by atoms with Crippen molar-refractivity contribution in [1.29, 1.82) is 0 Å². The second-order valence-corrected chi connectivity index (χ2v) is 45.1. The maximum Gasteiger partial charge on any atom is 0.408 e. The fourth-order valence-corrected chi connectivity index (χ4v) is 8.03. The lowest BCUT2D eigenvalue weighted by Crippen LogP contribution is -2.49. The van der Waals surface area contributed by atoms with Gasteiger partial charge in [-0.1, -0.05) is 82.1 Å². The van der Waals surface area contributed by atoms with Crippen molar-refractivity contribution in [3.63, 3.8) is 0 Å². The number of methoxy groups -OCH3 is 6. The number of carbonyl (C=O) groups excluding carboxylic acids is 6. The van der Waals surface area contributed by atoms with Gasteiger partial charge in [0.1, 0.15) is 11.4 Å². The molecule has 0 aromatic heterocycles. The summed E-state index contributed by atoms with van der Waals surface area (Å²) in [6.45, 7) is 35.8. The molecule has 0 aliphatic heterocycles. The number of hydrogen-bond donors (Lipinski definition) is 0. The van der Waals surface area contributed by atoms with Gasteiger partial charge >= 0.3 is 18.2 Å². The molecule has 0 aromatic rings. The molecule has 0 saturated carbocycles. The van der Waals surface area contributed by atoms with Gasteiger partial charge < -0.3 is 92.1 Å². The van der Waals surface area contributed by atoms with Crippen LogP contribution in [-0.4, -0.2) is 627 Å². The van der Waals surface area contributed by atoms with Crippen molar-refractivity contribution in [1.82, 2.24) is 110 Å². The van der Waals surface area contributed by atoms with Crippen molar-refractivity contribution in [3.8, 4) is 0 Å². The van der Waals surface area contributed by atoms with Crippen molar-refractivity contribution >= 4 is 127 Å². The molecule has 916 valence electrons. The number of thioether (sulfide) groups is 4. The number of amides is 7. The summed E-state index contributed by atoms with van der Waals surface area (Å²) in [5, 5.41) is 0.194. The third-order valence-electron chi connectivity index (χ3n) is 18.9. The number of amidine groups is 2. The first-order chi connectivity index (χ1) is 62.8. The average Bonchev–Trinajstić information content (AvgIpc) is 0.880. The Hall–Kier alpha value is -5.62. The maximum atomic E-state index is 10.9. The van der Waals surface area contributed by atoms with Crippen molar-refractivity contribution in [3.05, 3.63) is 12.3 Å². The van der Waals surface area contributed by atoms with E-state index in [0.717, 1.165) is 37.9 Å². The molecular formula is C100H255N27O15S6. The Balaban J connectivity index is -0.0000000470. The van der Waals surface area contributed by atoms with E-state index >= 15 is 0 Å². The normalized spacial score (nSPS) is 10.2. The van der Waals surface area contributed by atoms with Crippen LogP contribution in [0.3, 0.4) is 0 Å². The maximum absolute atomic E-state index is 10.9. The Morgan fingerprint density at radius 1 is 0.304 bits per heavy atom. The van der Waals surface area contributed by atoms with E-state index in [1.807, 2.05) is 231 Å². The van der Waals surface area contributed by atoms with Gasteiger partial charge in [-0.05, 0) is 213 Å². The molecule has 0 N–H and O–H groups in total. The highest BCUT2D eigenvalue weighted by Gasteiger charge is 2.23. The highest BCUT2D eigenvalue weighted by molar-refractivity contribution is 8.13. The second kappa shape index (κ2) is 115. The number of nitrogens with zero attached hydrogens (tertiary/aromatic N) is 27. The highest BCUT2D eigenvalue weighted by atomic mass is 32.2. The van der Waals surface area contributed by atoms with Gasteiger partial charge in [0, 0.05) is 302 Å². The van der Waals surface area contributed by atoms with Crippen molar-refractivity contribution in [2.24, 2.45) is 20.0 Å². The van der Waals surface area contributed by atoms with Crippen LogP contribution < -0.4 is 0 Å². The molecule has 0 fully saturated rings. The van der Waals surface area contributed by atoms with Crippen LogP contribution >= 0.6 is 47.0 Å². The minimum absolute atomic E-state index is 0. The monoisotopic (exact) mass is 2270 g/mol. The van der Waals surface area contributed by atoms with E-state index in [2.05, 4.69) is 166 Å². The number of rotatable bonds is 17. The van der Waals surface area contributed by atoms with E-state index in [4.69, 9.17) is 18.9 Å². The number of hydrogen-bond acceptors (Lipinski definition) is 29. The Morgan fingerprint density at radius 3 is 0.514 bits per heavy atom. The van der Waals surface area contributed by atoms with Gasteiger partial charge in [-0.2, -0.15) is 17.0 Å². The minimum Gasteiger partial charge on any atom is -0.453 e. The quantitative estimate of drug-likeness (QED) is 0.0741. The summed E-state index contributed by atoms with van der Waals surface area (Å²) in [7, 11) is 96.8. The lowest BCUT2D eigenvalue weighted by Gasteiger charge is -2.38. The zero-order valence-corrected chi connectivity index (χ0v) is 110. The smallest absolute Gasteiger partial charge is 0.408 e. The van der Waals surface area contributed by atoms with E-state index < -0.39 is 27.2 Å². The first kappa shape index (κ1) is 207. The lowest BCUT2D eigenvalue weighted by atomic mass is 10.2. The summed E-state index contributed by atoms with van der Waals surface area (Å²) in [6, 6.07) is 0.0185. The number of carbonyl (C=O) groups is 6. The molecule has 48 heteroatoms. The molecule has 0 bridgehead atoms. The SMILES string of the molecule is C.C.C.C.C.C.C.C=C(C)N(C)C(C)=O.CN(C)C(=O)N(C)C.CN(C)C(C)(C)N(C)C.CN(C)S(=O)(=O)N(C)C.CN(C)S(=O)N(C)C.CN=C(C)N(C)C.CN=C(C)N(C)C.CN=C(N(C)C)N(C)C.CN=C(N(C)C)N(C)C.COC(=O)N(C)C.COC(=O)N(C)C.COC(C)(C)N(C)C.COC(C)(C)N(C)C.COC(C)(C)OC.CSC(=O)N(C)C.CSC(=O)N(C)C.CSC(C)(C)N(C)C.CSC(C)(C)N(C)C. The highest BCUT2D eigenvalue weighted by Crippen LogP contribution is 2.23. The van der Waals surface area contributed by atoms with Crippen LogP contribution in [0.25, 0.3) is 0 Å². The summed E-state index contributed by atoms with van der Waals surface area (Å²) in [6.07, 6.45) is 7.14. The first-order valence-electron chi connectivity index (χ1n) is 44.2. The van der Waals surface area contributed by atoms with E-state index in [1.165, 1.54) is 97.4 Å². The van der Waals surface area contributed by atoms with Gasteiger partial charge in [0.05, 0.1) is 41.3 Å². The van der Waals surface area contributed by atoms with E-state index in [0.29, 0.717) is 9.74 Å². The molecule has 0 radical (unpaired) electrons. The van der Waals surface area contributed by atoms with Crippen LogP contribution in [0.5, 0.6) is 0 Å². The number of guanidine groups is 2. The van der Waals surface area contributed by atoms with Gasteiger partial charge in [0.15, 0.2) is 28.9 Å². The Labute approximate surface area is 941 Å². The molecule has 0 saturated heterocycles. The molecule has 0 aliphatic carbocycles. The summed E-state index contributed by atoms with van der Waals surface area (Å²) in [5.74, 6) is 3.68. The third-order valence-corrected chi connectivity index (χ3v) is 26.2. The standard InChI is InChI=1S/C7H18N2.2C6H15N3.2C6H15NO.C6H11NO.2C6H15NS.C5H12N2O.2C5H12N2.C5H12O2.C4H12N2O2S.C4H12N2OS.2C4H9NO2.2C4H9NOS.7CH4/c1-7(2,8(3)4)9(5)6;2*1-7-6(8(2)3)9(4)5;2*1-6(2,8-5)7(3)4;1-5(2)7(4)6(3)8;2*1-6(2,8-5)7(3)4;1-6(2)5(8)7(3)4;2*1-5(6-2)7(3)4;1-5(2,6-3)7-4;1-5(2)9(7,8)6(3)4;1-5(2)8(7)6(3)4;4*1-5(2)4(6)7-3;;;;;;;/h1-6H3;2*1-5H3;2*1-5H3;1H2,2-4H3;2*1-5H3;1-4H3;3*1-4H3;1-4H3;1-4H3;4*1-3H3;7*1H4. The van der Waals surface area contributed by atoms with Gasteiger partial charge in [-0.25, -0.2) is 27.2 Å². The van der Waals surface area contributed by atoms with E-state index in [9.17, 15) is 41.4 Å². The molecule has 0 atom stereocenters. The van der Waals surface area contributed by atoms with Crippen LogP contribution in [0.4, 0.5) is 24.0 Å². The van der Waals surface area contributed by atoms with E-state index in [-0.39, 0.29) is 104 Å². The van der Waals surface area contributed by atoms with Gasteiger partial charge in [0.2, 0.25) is 5.91 Å². The second-order valence-electron chi connectivity index (χ2n) is 36.5. The number of allylic oxidation sites excluding steroid dienone is 1. The summed E-state index contributed by atoms with van der Waals surface area (Å²) >= 11 is 5.21. The predicted octanol–water partition coefficient (Wildman–Crippen LogP) is 15.8. The first-order valence-corrected chi connectivity index (χ1v) is 51.6. The molecule has 0 aromatic carbocycles. The number of ether oxygens (including phenoxy) is 6. The van der Waals surface area contributed by atoms with Crippen molar-refractivity contribution in [2.45, 2.75) is 195 Å². The average molecular weight is 2270 g/mol. The van der Waals surface area contributed by atoms with Gasteiger partial charge in [-0.15, -0.1) is 23.5 Å². The Bertz CT molecular complexity index is 2970. The molecule has 0 rings (SSSR count). The fraction of sp³-hybridized carbons (Fsp3) is 0.880. The lowest BCUT2D eigenvalue weighted by molar-refractivity contribution is -0.178. The van der Waals surface area contributed by atoms with Crippen LogP contribution in [0, 0.1) is 0 Å². The van der Waals surface area contributed by atoms with E-state index in [1.54, 1.807) is 214 Å². The molecule has 0 aliphatic rings. The fourth-order valence-electron chi connectivity index (χ4n) is 5.27. The minimum atomic E-state index is -3.15. The van der Waals surface area contributed by atoms with Gasteiger partial charge in [-0.3, -0.25) is 63.8 Å². The third kappa shape index (κ3) is 138. The zero-order chi connectivity index (χ0) is 119. The van der Waals surface area contributed by atoms with Crippen molar-refractivity contribution in [2.75, 3.05) is 413 Å². The molecular weight excluding hydrogens is 2010 g/mol. The molecule has 148 heavy (non-hydrogen) atoms. The molecule has 0 spiro atoms. The Morgan fingerprint density at radius 2 is 0.514 bits per heavy atom. The summed E-state index contributed by atoms with van der Waals surface area (Å²) in [4.78, 5) is 114. The molecule has 7 amide bonds. The largest absolute Gasteiger partial charge is 0.453 e. The number of urea groups is 1.